The standard InChI is InChI=1S/C12H13FN2O2/c1-8-3-2-4-9(11(8)13)12(17)15-6-5-14-10(16)7-15/h2-4H,5-7H2,1H3,(H,14,16). The number of hydrogen-bond acceptors (Lipinski definition) is 2. The number of aryl methyl sites for hydroxylation is 1. The molecule has 0 bridgehead atoms. The number of carbonyl (C=O) groups excluding carboxylic acids is 2. The van der Waals surface area contributed by atoms with Gasteiger partial charge in [-0.1, -0.05) is 12.1 Å². The van der Waals surface area contributed by atoms with E-state index in [0.717, 1.165) is 0 Å². The number of nitrogens with one attached hydrogen (secondary N) is 1. The Kier molecular flexibility index (Phi) is 3.08. The van der Waals surface area contributed by atoms with Crippen molar-refractivity contribution < 1.29 is 14.0 Å². The number of amides is 2. The molecule has 0 spiro atoms. The van der Waals surface area contributed by atoms with Crippen molar-refractivity contribution in [1.82, 2.24) is 10.2 Å². The van der Waals surface area contributed by atoms with Crippen molar-refractivity contribution in [3.63, 3.8) is 0 Å². The number of carbonyl (C=O) groups is 2. The van der Waals surface area contributed by atoms with E-state index in [0.29, 0.717) is 18.7 Å². The Labute approximate surface area is 98.4 Å². The summed E-state index contributed by atoms with van der Waals surface area (Å²) in [5, 5.41) is 2.62. The van der Waals surface area contributed by atoms with E-state index in [1.54, 1.807) is 19.1 Å². The first-order valence-electron chi connectivity index (χ1n) is 5.40. The SMILES string of the molecule is Cc1cccc(C(=O)N2CCNC(=O)C2)c1F. The summed E-state index contributed by atoms with van der Waals surface area (Å²) in [5.74, 6) is -1.15. The van der Waals surface area contributed by atoms with Crippen LogP contribution < -0.4 is 5.32 Å². The first kappa shape index (κ1) is 11.6. The summed E-state index contributed by atoms with van der Waals surface area (Å²) >= 11 is 0. The highest BCUT2D eigenvalue weighted by Gasteiger charge is 2.24. The minimum Gasteiger partial charge on any atom is -0.353 e. The predicted molar refractivity (Wildman–Crippen MR) is 60.1 cm³/mol. The van der Waals surface area contributed by atoms with Crippen molar-refractivity contribution in [2.75, 3.05) is 19.6 Å². The van der Waals surface area contributed by atoms with E-state index in [4.69, 9.17) is 0 Å². The molecule has 1 aliphatic rings. The van der Waals surface area contributed by atoms with E-state index >= 15 is 0 Å². The van der Waals surface area contributed by atoms with Crippen LogP contribution in [0.2, 0.25) is 0 Å². The lowest BCUT2D eigenvalue weighted by atomic mass is 10.1. The molecule has 4 nitrogen and oxygen atoms in total. The minimum absolute atomic E-state index is 0.00772. The molecule has 2 rings (SSSR count). The summed E-state index contributed by atoms with van der Waals surface area (Å²) in [7, 11) is 0. The Hall–Kier alpha value is -1.91. The van der Waals surface area contributed by atoms with E-state index in [1.165, 1.54) is 11.0 Å². The van der Waals surface area contributed by atoms with Crippen LogP contribution in [0.5, 0.6) is 0 Å². The van der Waals surface area contributed by atoms with Gasteiger partial charge in [-0.3, -0.25) is 9.59 Å². The summed E-state index contributed by atoms with van der Waals surface area (Å²) in [6, 6.07) is 4.68. The van der Waals surface area contributed by atoms with Crippen LogP contribution in [0.1, 0.15) is 15.9 Å². The van der Waals surface area contributed by atoms with Crippen LogP contribution in [0.3, 0.4) is 0 Å². The Morgan fingerprint density at radius 3 is 2.94 bits per heavy atom. The van der Waals surface area contributed by atoms with Gasteiger partial charge in [-0.05, 0) is 18.6 Å². The van der Waals surface area contributed by atoms with E-state index in [9.17, 15) is 14.0 Å². The van der Waals surface area contributed by atoms with Gasteiger partial charge < -0.3 is 10.2 Å². The fraction of sp³-hybridized carbons (Fsp3) is 0.333. The molecular formula is C12H13FN2O2. The van der Waals surface area contributed by atoms with Crippen molar-refractivity contribution in [3.05, 3.63) is 35.1 Å². The van der Waals surface area contributed by atoms with Crippen molar-refractivity contribution in [1.29, 1.82) is 0 Å². The number of rotatable bonds is 1. The van der Waals surface area contributed by atoms with E-state index < -0.39 is 11.7 Å². The molecule has 1 N–H and O–H groups in total. The van der Waals surface area contributed by atoms with Crippen LogP contribution in [0.25, 0.3) is 0 Å². The maximum atomic E-state index is 13.8. The quantitative estimate of drug-likeness (QED) is 0.780. The third-order valence-corrected chi connectivity index (χ3v) is 2.75. The fourth-order valence-electron chi connectivity index (χ4n) is 1.79. The molecule has 5 heteroatoms. The molecule has 1 aromatic carbocycles. The average molecular weight is 236 g/mol. The molecule has 17 heavy (non-hydrogen) atoms. The fourth-order valence-corrected chi connectivity index (χ4v) is 1.79. The monoisotopic (exact) mass is 236 g/mol. The second-order valence-corrected chi connectivity index (χ2v) is 4.01. The zero-order valence-corrected chi connectivity index (χ0v) is 9.50. The highest BCUT2D eigenvalue weighted by molar-refractivity contribution is 5.97. The van der Waals surface area contributed by atoms with Crippen molar-refractivity contribution in [2.45, 2.75) is 6.92 Å². The summed E-state index contributed by atoms with van der Waals surface area (Å²) < 4.78 is 13.8. The van der Waals surface area contributed by atoms with Gasteiger partial charge in [-0.25, -0.2) is 4.39 Å². The third-order valence-electron chi connectivity index (χ3n) is 2.75. The molecule has 0 unspecified atom stereocenters. The zero-order valence-electron chi connectivity index (χ0n) is 9.50. The second-order valence-electron chi connectivity index (χ2n) is 4.01. The molecule has 0 aliphatic carbocycles. The van der Waals surface area contributed by atoms with Crippen LogP contribution in [-0.4, -0.2) is 36.3 Å². The molecule has 2 amide bonds. The van der Waals surface area contributed by atoms with Crippen LogP contribution in [0.15, 0.2) is 18.2 Å². The Balaban J connectivity index is 2.24. The smallest absolute Gasteiger partial charge is 0.257 e. The molecule has 0 radical (unpaired) electrons. The van der Waals surface area contributed by atoms with Crippen molar-refractivity contribution >= 4 is 11.8 Å². The molecule has 0 atom stereocenters. The van der Waals surface area contributed by atoms with Crippen LogP contribution in [0, 0.1) is 12.7 Å². The number of benzene rings is 1. The molecule has 1 aliphatic heterocycles. The molecule has 1 aromatic rings. The van der Waals surface area contributed by atoms with Gasteiger partial charge in [-0.2, -0.15) is 0 Å². The molecule has 0 aromatic heterocycles. The van der Waals surface area contributed by atoms with E-state index in [1.807, 2.05) is 0 Å². The predicted octanol–water partition coefficient (Wildman–Crippen LogP) is 0.706. The molecule has 1 saturated heterocycles. The average Bonchev–Trinajstić information content (AvgIpc) is 2.32. The van der Waals surface area contributed by atoms with E-state index in [-0.39, 0.29) is 18.0 Å². The van der Waals surface area contributed by atoms with Crippen LogP contribution in [-0.2, 0) is 4.79 Å². The summed E-state index contributed by atoms with van der Waals surface area (Å²) in [5.41, 5.74) is 0.456. The van der Waals surface area contributed by atoms with Gasteiger partial charge in [0, 0.05) is 13.1 Å². The van der Waals surface area contributed by atoms with Gasteiger partial charge in [-0.15, -0.1) is 0 Å². The van der Waals surface area contributed by atoms with Gasteiger partial charge in [0.2, 0.25) is 5.91 Å². The number of halogens is 1. The first-order chi connectivity index (χ1) is 8.09. The highest BCUT2D eigenvalue weighted by atomic mass is 19.1. The Morgan fingerprint density at radius 1 is 1.47 bits per heavy atom. The zero-order chi connectivity index (χ0) is 12.4. The maximum absolute atomic E-state index is 13.8. The Morgan fingerprint density at radius 2 is 2.24 bits per heavy atom. The first-order valence-corrected chi connectivity index (χ1v) is 5.40. The summed E-state index contributed by atoms with van der Waals surface area (Å²) in [4.78, 5) is 24.5. The summed E-state index contributed by atoms with van der Waals surface area (Å²) in [6.45, 7) is 2.43. The molecule has 0 saturated carbocycles. The van der Waals surface area contributed by atoms with Crippen molar-refractivity contribution in [2.24, 2.45) is 0 Å². The largest absolute Gasteiger partial charge is 0.353 e. The molecule has 1 fully saturated rings. The lowest BCUT2D eigenvalue weighted by Crippen LogP contribution is -2.50. The lowest BCUT2D eigenvalue weighted by Gasteiger charge is -2.26. The van der Waals surface area contributed by atoms with Gasteiger partial charge in [0.1, 0.15) is 5.82 Å². The number of nitrogens with zero attached hydrogens (tertiary/aromatic N) is 1. The van der Waals surface area contributed by atoms with Crippen LogP contribution >= 0.6 is 0 Å². The highest BCUT2D eigenvalue weighted by Crippen LogP contribution is 2.14. The maximum Gasteiger partial charge on any atom is 0.257 e. The molecule has 90 valence electrons. The third kappa shape index (κ3) is 2.27. The molecule has 1 heterocycles. The number of hydrogen-bond donors (Lipinski definition) is 1. The normalized spacial score (nSPS) is 15.6. The van der Waals surface area contributed by atoms with Crippen LogP contribution in [0.4, 0.5) is 4.39 Å². The number of piperazine rings is 1. The van der Waals surface area contributed by atoms with Gasteiger partial charge in [0.05, 0.1) is 12.1 Å². The molecular weight excluding hydrogens is 223 g/mol. The van der Waals surface area contributed by atoms with Gasteiger partial charge in [0.15, 0.2) is 0 Å². The lowest BCUT2D eigenvalue weighted by molar-refractivity contribution is -0.123. The Bertz CT molecular complexity index is 474. The summed E-state index contributed by atoms with van der Waals surface area (Å²) in [6.07, 6.45) is 0. The van der Waals surface area contributed by atoms with Gasteiger partial charge >= 0.3 is 0 Å². The van der Waals surface area contributed by atoms with E-state index in [2.05, 4.69) is 5.32 Å². The topological polar surface area (TPSA) is 49.4 Å². The van der Waals surface area contributed by atoms with Gasteiger partial charge in [0.25, 0.3) is 5.91 Å². The minimum atomic E-state index is -0.511. The second kappa shape index (κ2) is 4.53. The van der Waals surface area contributed by atoms with Crippen molar-refractivity contribution in [3.8, 4) is 0 Å².